The van der Waals surface area contributed by atoms with Gasteiger partial charge in [-0.1, -0.05) is 43.6 Å². The van der Waals surface area contributed by atoms with E-state index in [0.717, 1.165) is 43.6 Å². The standard InChI is InChI=1S/C20H24ClN3OS/c1-3-15(4-2)22-23-20(25)19(16-7-5-6-8-17(16)21)24-11-9-18-14(13-24)10-12-26-18/h5-8,10,12,19H,3-4,9,11,13H2,1-2H3,(H,23,25)/t19-/m0/s1. The highest BCUT2D eigenvalue weighted by Crippen LogP contribution is 2.33. The fourth-order valence-corrected chi connectivity index (χ4v) is 4.42. The van der Waals surface area contributed by atoms with Crippen LogP contribution in [0.2, 0.25) is 5.02 Å². The van der Waals surface area contributed by atoms with Crippen molar-refractivity contribution < 1.29 is 4.79 Å². The monoisotopic (exact) mass is 389 g/mol. The number of nitrogens with zero attached hydrogens (tertiary/aromatic N) is 2. The average Bonchev–Trinajstić information content (AvgIpc) is 3.12. The predicted octanol–water partition coefficient (Wildman–Crippen LogP) is 4.79. The highest BCUT2D eigenvalue weighted by molar-refractivity contribution is 7.10. The summed E-state index contributed by atoms with van der Waals surface area (Å²) in [6, 6.07) is 9.28. The Kier molecular flexibility index (Phi) is 6.46. The number of nitrogens with one attached hydrogen (secondary N) is 1. The fourth-order valence-electron chi connectivity index (χ4n) is 3.29. The molecule has 1 aromatic heterocycles. The summed E-state index contributed by atoms with van der Waals surface area (Å²) in [4.78, 5) is 16.7. The van der Waals surface area contributed by atoms with Gasteiger partial charge in [0.1, 0.15) is 6.04 Å². The second-order valence-corrected chi connectivity index (χ2v) is 7.78. The van der Waals surface area contributed by atoms with Gasteiger partial charge in [-0.15, -0.1) is 11.3 Å². The molecule has 1 aromatic carbocycles. The number of hydrogen-bond acceptors (Lipinski definition) is 4. The molecular formula is C20H24ClN3OS. The first-order valence-electron chi connectivity index (χ1n) is 9.03. The molecule has 0 saturated heterocycles. The first kappa shape index (κ1) is 19.1. The second kappa shape index (κ2) is 8.80. The van der Waals surface area contributed by atoms with Crippen molar-refractivity contribution in [3.8, 4) is 0 Å². The number of thiophene rings is 1. The molecule has 6 heteroatoms. The third kappa shape index (κ3) is 4.17. The highest BCUT2D eigenvalue weighted by Gasteiger charge is 2.32. The van der Waals surface area contributed by atoms with Crippen LogP contribution in [0.15, 0.2) is 40.8 Å². The van der Waals surface area contributed by atoms with Crippen LogP contribution in [0, 0.1) is 0 Å². The minimum atomic E-state index is -0.449. The van der Waals surface area contributed by atoms with Gasteiger partial charge in [0, 0.05) is 28.7 Å². The van der Waals surface area contributed by atoms with E-state index < -0.39 is 6.04 Å². The molecule has 1 aliphatic rings. The zero-order chi connectivity index (χ0) is 18.5. The summed E-state index contributed by atoms with van der Waals surface area (Å²) in [5.74, 6) is -0.129. The lowest BCUT2D eigenvalue weighted by molar-refractivity contribution is -0.127. The van der Waals surface area contributed by atoms with Gasteiger partial charge in [0.05, 0.1) is 0 Å². The van der Waals surface area contributed by atoms with Crippen molar-refractivity contribution >= 4 is 34.6 Å². The molecule has 0 radical (unpaired) electrons. The number of benzene rings is 1. The van der Waals surface area contributed by atoms with Crippen molar-refractivity contribution in [2.24, 2.45) is 5.10 Å². The molecule has 0 bridgehead atoms. The molecule has 1 N–H and O–H groups in total. The van der Waals surface area contributed by atoms with E-state index in [2.05, 4.69) is 26.9 Å². The minimum absolute atomic E-state index is 0.129. The van der Waals surface area contributed by atoms with Crippen molar-refractivity contribution in [3.63, 3.8) is 0 Å². The lowest BCUT2D eigenvalue weighted by Crippen LogP contribution is -2.41. The maximum atomic E-state index is 13.1. The van der Waals surface area contributed by atoms with Gasteiger partial charge in [-0.3, -0.25) is 9.69 Å². The fraction of sp³-hybridized carbons (Fsp3) is 0.400. The Morgan fingerprint density at radius 1 is 1.31 bits per heavy atom. The molecule has 0 fully saturated rings. The van der Waals surface area contributed by atoms with Gasteiger partial charge in [0.25, 0.3) is 5.91 Å². The molecule has 2 aromatic rings. The zero-order valence-electron chi connectivity index (χ0n) is 15.2. The van der Waals surface area contributed by atoms with Crippen molar-refractivity contribution in [2.45, 2.75) is 45.7 Å². The lowest BCUT2D eigenvalue weighted by atomic mass is 10.0. The van der Waals surface area contributed by atoms with E-state index in [4.69, 9.17) is 11.6 Å². The number of hydrogen-bond donors (Lipinski definition) is 1. The Morgan fingerprint density at radius 3 is 2.81 bits per heavy atom. The van der Waals surface area contributed by atoms with Crippen LogP contribution in [0.25, 0.3) is 0 Å². The second-order valence-electron chi connectivity index (χ2n) is 6.37. The van der Waals surface area contributed by atoms with Crippen LogP contribution in [-0.2, 0) is 17.8 Å². The van der Waals surface area contributed by atoms with Crippen LogP contribution in [-0.4, -0.2) is 23.1 Å². The summed E-state index contributed by atoms with van der Waals surface area (Å²) in [6.45, 7) is 5.67. The predicted molar refractivity (Wildman–Crippen MR) is 109 cm³/mol. The molecule has 1 aliphatic heterocycles. The maximum Gasteiger partial charge on any atom is 0.262 e. The van der Waals surface area contributed by atoms with Crippen LogP contribution < -0.4 is 5.43 Å². The van der Waals surface area contributed by atoms with Crippen LogP contribution >= 0.6 is 22.9 Å². The van der Waals surface area contributed by atoms with E-state index in [0.29, 0.717) is 5.02 Å². The van der Waals surface area contributed by atoms with E-state index in [9.17, 15) is 4.79 Å². The first-order valence-corrected chi connectivity index (χ1v) is 10.3. The lowest BCUT2D eigenvalue weighted by Gasteiger charge is -2.34. The number of halogens is 1. The first-order chi connectivity index (χ1) is 12.6. The number of carbonyl (C=O) groups excluding carboxylic acids is 1. The number of amides is 1. The summed E-state index contributed by atoms with van der Waals surface area (Å²) < 4.78 is 0. The largest absolute Gasteiger partial charge is 0.283 e. The molecule has 0 unspecified atom stereocenters. The van der Waals surface area contributed by atoms with Gasteiger partial charge in [0.2, 0.25) is 0 Å². The van der Waals surface area contributed by atoms with Crippen LogP contribution in [0.3, 0.4) is 0 Å². The molecule has 1 amide bonds. The molecule has 0 spiro atoms. The third-order valence-corrected chi connectivity index (χ3v) is 6.16. The minimum Gasteiger partial charge on any atom is -0.283 e. The maximum absolute atomic E-state index is 13.1. The van der Waals surface area contributed by atoms with E-state index in [1.807, 2.05) is 38.1 Å². The molecule has 2 heterocycles. The molecule has 0 aliphatic carbocycles. The molecular weight excluding hydrogens is 366 g/mol. The average molecular weight is 390 g/mol. The Balaban J connectivity index is 1.89. The Labute approximate surface area is 163 Å². The van der Waals surface area contributed by atoms with Crippen molar-refractivity contribution in [2.75, 3.05) is 6.54 Å². The van der Waals surface area contributed by atoms with Crippen molar-refractivity contribution in [1.29, 1.82) is 0 Å². The van der Waals surface area contributed by atoms with Gasteiger partial charge >= 0.3 is 0 Å². The zero-order valence-corrected chi connectivity index (χ0v) is 16.7. The molecule has 0 saturated carbocycles. The van der Waals surface area contributed by atoms with E-state index in [1.165, 1.54) is 10.4 Å². The third-order valence-electron chi connectivity index (χ3n) is 4.79. The van der Waals surface area contributed by atoms with Crippen LogP contribution in [0.5, 0.6) is 0 Å². The number of fused-ring (bicyclic) bond motifs is 1. The summed E-state index contributed by atoms with van der Waals surface area (Å²) >= 11 is 8.23. The van der Waals surface area contributed by atoms with Crippen LogP contribution in [0.1, 0.15) is 48.7 Å². The van der Waals surface area contributed by atoms with Crippen molar-refractivity contribution in [3.05, 3.63) is 56.7 Å². The van der Waals surface area contributed by atoms with Crippen molar-refractivity contribution in [1.82, 2.24) is 10.3 Å². The van der Waals surface area contributed by atoms with Gasteiger partial charge in [0.15, 0.2) is 0 Å². The highest BCUT2D eigenvalue weighted by atomic mass is 35.5. The Morgan fingerprint density at radius 2 is 2.08 bits per heavy atom. The smallest absolute Gasteiger partial charge is 0.262 e. The Bertz CT molecular complexity index is 796. The number of hydrazone groups is 1. The normalized spacial score (nSPS) is 15.2. The summed E-state index contributed by atoms with van der Waals surface area (Å²) in [6.07, 6.45) is 2.62. The van der Waals surface area contributed by atoms with E-state index >= 15 is 0 Å². The number of rotatable bonds is 6. The molecule has 3 rings (SSSR count). The van der Waals surface area contributed by atoms with Crippen LogP contribution in [0.4, 0.5) is 0 Å². The summed E-state index contributed by atoms with van der Waals surface area (Å²) in [7, 11) is 0. The van der Waals surface area contributed by atoms with Gasteiger partial charge < -0.3 is 0 Å². The van der Waals surface area contributed by atoms with Gasteiger partial charge in [-0.2, -0.15) is 5.10 Å². The molecule has 138 valence electrons. The summed E-state index contributed by atoms with van der Waals surface area (Å²) in [5.41, 5.74) is 5.89. The van der Waals surface area contributed by atoms with Gasteiger partial charge in [-0.25, -0.2) is 5.43 Å². The van der Waals surface area contributed by atoms with E-state index in [-0.39, 0.29) is 5.91 Å². The quantitative estimate of drug-likeness (QED) is 0.570. The molecule has 4 nitrogen and oxygen atoms in total. The van der Waals surface area contributed by atoms with Gasteiger partial charge in [-0.05, 0) is 47.9 Å². The Hall–Kier alpha value is -1.69. The summed E-state index contributed by atoms with van der Waals surface area (Å²) in [5, 5.41) is 7.05. The van der Waals surface area contributed by atoms with E-state index in [1.54, 1.807) is 11.3 Å². The molecule has 26 heavy (non-hydrogen) atoms. The SMILES string of the molecule is CCC(CC)=NNC(=O)[C@H](c1ccccc1Cl)N1CCc2sccc2C1. The molecule has 1 atom stereocenters. The topological polar surface area (TPSA) is 44.7 Å². The number of carbonyl (C=O) groups is 1.